The zero-order valence-electron chi connectivity index (χ0n) is 9.61. The summed E-state index contributed by atoms with van der Waals surface area (Å²) in [5.41, 5.74) is 1.08. The van der Waals surface area contributed by atoms with E-state index in [4.69, 9.17) is 5.11 Å². The zero-order chi connectivity index (χ0) is 12.8. The van der Waals surface area contributed by atoms with Crippen LogP contribution in [-0.2, 0) is 0 Å². The van der Waals surface area contributed by atoms with Crippen LogP contribution in [0.4, 0.5) is 5.69 Å². The molecule has 0 saturated carbocycles. The number of aliphatic hydroxyl groups excluding tert-OH is 1. The summed E-state index contributed by atoms with van der Waals surface area (Å²) in [5, 5.41) is 21.3. The Labute approximate surface area is 109 Å². The summed E-state index contributed by atoms with van der Waals surface area (Å²) in [7, 11) is 0. The molecule has 0 fully saturated rings. The number of aliphatic hydroxyl groups is 1. The van der Waals surface area contributed by atoms with Crippen molar-refractivity contribution in [2.75, 3.05) is 11.9 Å². The van der Waals surface area contributed by atoms with E-state index in [0.717, 1.165) is 12.1 Å². The largest absolute Gasteiger partial charge is 0.478 e. The minimum atomic E-state index is -0.946. The van der Waals surface area contributed by atoms with Gasteiger partial charge < -0.3 is 15.5 Å². The van der Waals surface area contributed by atoms with Crippen molar-refractivity contribution in [1.82, 2.24) is 0 Å². The van der Waals surface area contributed by atoms with Gasteiger partial charge in [-0.1, -0.05) is 6.92 Å². The Kier molecular flexibility index (Phi) is 5.44. The van der Waals surface area contributed by atoms with Crippen molar-refractivity contribution >= 4 is 27.6 Å². The summed E-state index contributed by atoms with van der Waals surface area (Å²) in [6.07, 6.45) is 1.12. The van der Waals surface area contributed by atoms with E-state index >= 15 is 0 Å². The van der Waals surface area contributed by atoms with E-state index in [9.17, 15) is 9.90 Å². The fourth-order valence-corrected chi connectivity index (χ4v) is 1.89. The van der Waals surface area contributed by atoms with Gasteiger partial charge >= 0.3 is 5.97 Å². The van der Waals surface area contributed by atoms with Crippen LogP contribution in [0.1, 0.15) is 30.1 Å². The van der Waals surface area contributed by atoms with E-state index in [1.54, 1.807) is 18.2 Å². The van der Waals surface area contributed by atoms with Crippen LogP contribution in [0.15, 0.2) is 22.7 Å². The average Bonchev–Trinajstić information content (AvgIpc) is 2.30. The van der Waals surface area contributed by atoms with E-state index in [2.05, 4.69) is 21.2 Å². The number of anilines is 1. The third-order valence-corrected chi connectivity index (χ3v) is 3.14. The van der Waals surface area contributed by atoms with Crippen LogP contribution in [0, 0.1) is 0 Å². The molecule has 0 heterocycles. The molecular formula is C12H16BrNO3. The van der Waals surface area contributed by atoms with Crippen LogP contribution < -0.4 is 5.32 Å². The van der Waals surface area contributed by atoms with Gasteiger partial charge in [-0.2, -0.15) is 0 Å². The number of halogens is 1. The van der Waals surface area contributed by atoms with Gasteiger partial charge in [-0.25, -0.2) is 4.79 Å². The van der Waals surface area contributed by atoms with Gasteiger partial charge in [-0.15, -0.1) is 0 Å². The van der Waals surface area contributed by atoms with Crippen molar-refractivity contribution in [2.45, 2.75) is 25.9 Å². The second-order valence-corrected chi connectivity index (χ2v) is 4.63. The number of carboxylic acid groups (broad SMARTS) is 1. The molecule has 17 heavy (non-hydrogen) atoms. The van der Waals surface area contributed by atoms with Gasteiger partial charge in [0.15, 0.2) is 0 Å². The van der Waals surface area contributed by atoms with Crippen LogP contribution in [0.3, 0.4) is 0 Å². The van der Waals surface area contributed by atoms with Crippen LogP contribution in [-0.4, -0.2) is 28.8 Å². The topological polar surface area (TPSA) is 69.6 Å². The molecule has 0 aliphatic heterocycles. The number of hydrogen-bond acceptors (Lipinski definition) is 3. The predicted molar refractivity (Wildman–Crippen MR) is 70.5 cm³/mol. The van der Waals surface area contributed by atoms with Crippen molar-refractivity contribution in [1.29, 1.82) is 0 Å². The molecule has 0 bridgehead atoms. The zero-order valence-corrected chi connectivity index (χ0v) is 11.2. The third kappa shape index (κ3) is 4.36. The Hall–Kier alpha value is -1.07. The SMILES string of the molecule is CCC(O)CCNc1ccc(C(=O)O)cc1Br. The molecular weight excluding hydrogens is 286 g/mol. The standard InChI is InChI=1S/C12H16BrNO3/c1-2-9(15)5-6-14-11-4-3-8(12(16)17)7-10(11)13/h3-4,7,9,14-15H,2,5-6H2,1H3,(H,16,17). The first kappa shape index (κ1) is 14.0. The van der Waals surface area contributed by atoms with Gasteiger partial charge in [0.25, 0.3) is 0 Å². The molecule has 1 aromatic carbocycles. The van der Waals surface area contributed by atoms with Gasteiger partial charge in [-0.05, 0) is 47.0 Å². The Balaban J connectivity index is 2.57. The smallest absolute Gasteiger partial charge is 0.335 e. The highest BCUT2D eigenvalue weighted by molar-refractivity contribution is 9.10. The van der Waals surface area contributed by atoms with Crippen molar-refractivity contribution in [2.24, 2.45) is 0 Å². The maximum atomic E-state index is 10.7. The molecule has 0 aliphatic rings. The van der Waals surface area contributed by atoms with Crippen LogP contribution >= 0.6 is 15.9 Å². The summed E-state index contributed by atoms with van der Waals surface area (Å²) < 4.78 is 0.711. The van der Waals surface area contributed by atoms with Gasteiger partial charge in [0, 0.05) is 16.7 Å². The lowest BCUT2D eigenvalue weighted by Gasteiger charge is -2.11. The molecule has 0 aliphatic carbocycles. The summed E-state index contributed by atoms with van der Waals surface area (Å²) in [6, 6.07) is 4.82. The second kappa shape index (κ2) is 6.61. The second-order valence-electron chi connectivity index (χ2n) is 3.78. The molecule has 0 radical (unpaired) electrons. The average molecular weight is 302 g/mol. The maximum Gasteiger partial charge on any atom is 0.335 e. The third-order valence-electron chi connectivity index (χ3n) is 2.48. The minimum absolute atomic E-state index is 0.246. The molecule has 0 saturated heterocycles. The summed E-state index contributed by atoms with van der Waals surface area (Å²) >= 11 is 3.31. The molecule has 0 amide bonds. The Bertz CT molecular complexity index is 395. The first-order valence-corrected chi connectivity index (χ1v) is 6.28. The Morgan fingerprint density at radius 1 is 1.53 bits per heavy atom. The minimum Gasteiger partial charge on any atom is -0.478 e. The molecule has 3 N–H and O–H groups in total. The molecule has 1 atom stereocenters. The lowest BCUT2D eigenvalue weighted by molar-refractivity contribution is 0.0697. The lowest BCUT2D eigenvalue weighted by Crippen LogP contribution is -2.12. The number of benzene rings is 1. The monoisotopic (exact) mass is 301 g/mol. The van der Waals surface area contributed by atoms with Crippen molar-refractivity contribution in [3.05, 3.63) is 28.2 Å². The van der Waals surface area contributed by atoms with Crippen molar-refractivity contribution in [3.8, 4) is 0 Å². The molecule has 4 nitrogen and oxygen atoms in total. The number of carboxylic acids is 1. The van der Waals surface area contributed by atoms with Gasteiger partial charge in [-0.3, -0.25) is 0 Å². The van der Waals surface area contributed by atoms with Crippen LogP contribution in [0.25, 0.3) is 0 Å². The van der Waals surface area contributed by atoms with Crippen molar-refractivity contribution in [3.63, 3.8) is 0 Å². The first-order chi connectivity index (χ1) is 8.04. The summed E-state index contributed by atoms with van der Waals surface area (Å²) in [4.78, 5) is 10.7. The Morgan fingerprint density at radius 2 is 2.24 bits per heavy atom. The van der Waals surface area contributed by atoms with E-state index < -0.39 is 5.97 Å². The number of hydrogen-bond donors (Lipinski definition) is 3. The van der Waals surface area contributed by atoms with Gasteiger partial charge in [0.2, 0.25) is 0 Å². The molecule has 1 aromatic rings. The molecule has 5 heteroatoms. The molecule has 1 rings (SSSR count). The van der Waals surface area contributed by atoms with Gasteiger partial charge in [0.05, 0.1) is 11.7 Å². The van der Waals surface area contributed by atoms with Crippen LogP contribution in [0.5, 0.6) is 0 Å². The molecule has 94 valence electrons. The normalized spacial score (nSPS) is 12.2. The fraction of sp³-hybridized carbons (Fsp3) is 0.417. The Morgan fingerprint density at radius 3 is 2.76 bits per heavy atom. The molecule has 0 aromatic heterocycles. The number of aromatic carboxylic acids is 1. The molecule has 0 spiro atoms. The van der Waals surface area contributed by atoms with Crippen molar-refractivity contribution < 1.29 is 15.0 Å². The summed E-state index contributed by atoms with van der Waals surface area (Å²) in [6.45, 7) is 2.59. The maximum absolute atomic E-state index is 10.7. The van der Waals surface area contributed by atoms with E-state index in [1.807, 2.05) is 6.92 Å². The quantitative estimate of drug-likeness (QED) is 0.755. The highest BCUT2D eigenvalue weighted by atomic mass is 79.9. The van der Waals surface area contributed by atoms with E-state index in [0.29, 0.717) is 17.4 Å². The van der Waals surface area contributed by atoms with Gasteiger partial charge in [0.1, 0.15) is 0 Å². The van der Waals surface area contributed by atoms with E-state index in [-0.39, 0.29) is 11.7 Å². The molecule has 1 unspecified atom stereocenters. The van der Waals surface area contributed by atoms with E-state index in [1.165, 1.54) is 0 Å². The predicted octanol–water partition coefficient (Wildman–Crippen LogP) is 2.72. The summed E-state index contributed by atoms with van der Waals surface area (Å²) in [5.74, 6) is -0.946. The number of carbonyl (C=O) groups is 1. The van der Waals surface area contributed by atoms with Crippen LogP contribution in [0.2, 0.25) is 0 Å². The fourth-order valence-electron chi connectivity index (χ4n) is 1.37. The number of rotatable bonds is 6. The first-order valence-electron chi connectivity index (χ1n) is 5.49. The lowest BCUT2D eigenvalue weighted by atomic mass is 10.2. The highest BCUT2D eigenvalue weighted by Gasteiger charge is 2.07. The highest BCUT2D eigenvalue weighted by Crippen LogP contribution is 2.23. The number of nitrogens with one attached hydrogen (secondary N) is 1.